The van der Waals surface area contributed by atoms with Gasteiger partial charge in [0, 0.05) is 38.2 Å². The molecule has 1 aliphatic carbocycles. The molecule has 1 aliphatic rings. The van der Waals surface area contributed by atoms with Crippen molar-refractivity contribution in [3.63, 3.8) is 0 Å². The fraction of sp³-hybridized carbons (Fsp3) is 0.300. The van der Waals surface area contributed by atoms with Crippen LogP contribution < -0.4 is 0 Å². The SMILES string of the molecule is CN(Cc1nccn1Cc1ccccc1)C(=O)c1cccn1C1CC1. The number of imidazole rings is 1. The lowest BCUT2D eigenvalue weighted by atomic mass is 10.2. The van der Waals surface area contributed by atoms with Crippen LogP contribution in [0.1, 0.15) is 40.8 Å². The van der Waals surface area contributed by atoms with Gasteiger partial charge in [0.05, 0.1) is 6.54 Å². The zero-order valence-corrected chi connectivity index (χ0v) is 14.4. The van der Waals surface area contributed by atoms with Gasteiger partial charge in [0.25, 0.3) is 5.91 Å². The number of hydrogen-bond acceptors (Lipinski definition) is 2. The van der Waals surface area contributed by atoms with Crippen LogP contribution in [0.5, 0.6) is 0 Å². The molecule has 0 N–H and O–H groups in total. The molecule has 1 amide bonds. The summed E-state index contributed by atoms with van der Waals surface area (Å²) in [5.41, 5.74) is 1.99. The van der Waals surface area contributed by atoms with Gasteiger partial charge in [0.2, 0.25) is 0 Å². The number of amides is 1. The van der Waals surface area contributed by atoms with Crippen LogP contribution in [0.2, 0.25) is 0 Å². The molecule has 0 atom stereocenters. The molecule has 2 aromatic heterocycles. The predicted molar refractivity (Wildman–Crippen MR) is 96.3 cm³/mol. The van der Waals surface area contributed by atoms with Crippen LogP contribution in [0.15, 0.2) is 61.1 Å². The smallest absolute Gasteiger partial charge is 0.270 e. The molecule has 2 heterocycles. The van der Waals surface area contributed by atoms with E-state index in [-0.39, 0.29) is 5.91 Å². The summed E-state index contributed by atoms with van der Waals surface area (Å²) in [6.07, 6.45) is 8.10. The van der Waals surface area contributed by atoms with E-state index < -0.39 is 0 Å². The van der Waals surface area contributed by atoms with Gasteiger partial charge in [-0.2, -0.15) is 0 Å². The zero-order valence-electron chi connectivity index (χ0n) is 14.4. The Morgan fingerprint density at radius 3 is 2.72 bits per heavy atom. The van der Waals surface area contributed by atoms with E-state index >= 15 is 0 Å². The molecule has 5 nitrogen and oxygen atoms in total. The second-order valence-electron chi connectivity index (χ2n) is 6.65. The van der Waals surface area contributed by atoms with Gasteiger partial charge in [-0.25, -0.2) is 4.98 Å². The van der Waals surface area contributed by atoms with Gasteiger partial charge in [-0.3, -0.25) is 4.79 Å². The third kappa shape index (κ3) is 3.36. The van der Waals surface area contributed by atoms with Crippen LogP contribution in [-0.2, 0) is 13.1 Å². The van der Waals surface area contributed by atoms with E-state index in [1.807, 2.05) is 49.8 Å². The summed E-state index contributed by atoms with van der Waals surface area (Å²) in [5, 5.41) is 0. The molecule has 5 heteroatoms. The molecule has 0 unspecified atom stereocenters. The molecular formula is C20H22N4O. The maximum atomic E-state index is 12.8. The Morgan fingerprint density at radius 2 is 1.96 bits per heavy atom. The summed E-state index contributed by atoms with van der Waals surface area (Å²) < 4.78 is 4.20. The average molecular weight is 334 g/mol. The van der Waals surface area contributed by atoms with Crippen LogP contribution in [0.25, 0.3) is 0 Å². The van der Waals surface area contributed by atoms with Crippen LogP contribution in [0.3, 0.4) is 0 Å². The highest BCUT2D eigenvalue weighted by Gasteiger charge is 2.28. The molecule has 0 radical (unpaired) electrons. The number of nitrogens with zero attached hydrogens (tertiary/aromatic N) is 4. The summed E-state index contributed by atoms with van der Waals surface area (Å²) in [4.78, 5) is 19.0. The molecule has 0 bridgehead atoms. The van der Waals surface area contributed by atoms with E-state index in [1.165, 1.54) is 18.4 Å². The molecule has 0 aliphatic heterocycles. The minimum atomic E-state index is 0.0474. The van der Waals surface area contributed by atoms with Crippen LogP contribution >= 0.6 is 0 Å². The van der Waals surface area contributed by atoms with Gasteiger partial charge >= 0.3 is 0 Å². The van der Waals surface area contributed by atoms with Gasteiger partial charge in [-0.15, -0.1) is 0 Å². The number of carbonyl (C=O) groups excluding carboxylic acids is 1. The molecule has 0 saturated heterocycles. The molecule has 1 saturated carbocycles. The molecule has 1 fully saturated rings. The summed E-state index contributed by atoms with van der Waals surface area (Å²) in [6, 6.07) is 14.6. The van der Waals surface area contributed by atoms with E-state index in [0.717, 1.165) is 18.1 Å². The molecule has 0 spiro atoms. The highest BCUT2D eigenvalue weighted by atomic mass is 16.2. The van der Waals surface area contributed by atoms with Crippen molar-refractivity contribution in [2.45, 2.75) is 32.0 Å². The van der Waals surface area contributed by atoms with Crippen molar-refractivity contribution < 1.29 is 4.79 Å². The lowest BCUT2D eigenvalue weighted by Crippen LogP contribution is -2.29. The van der Waals surface area contributed by atoms with Crippen molar-refractivity contribution in [3.05, 3.63) is 78.1 Å². The van der Waals surface area contributed by atoms with Crippen molar-refractivity contribution in [2.75, 3.05) is 7.05 Å². The Bertz CT molecular complexity index is 861. The Hall–Kier alpha value is -2.82. The summed E-state index contributed by atoms with van der Waals surface area (Å²) >= 11 is 0. The Morgan fingerprint density at radius 1 is 1.16 bits per heavy atom. The first-order valence-corrected chi connectivity index (χ1v) is 8.68. The summed E-state index contributed by atoms with van der Waals surface area (Å²) in [7, 11) is 1.84. The Labute approximate surface area is 147 Å². The van der Waals surface area contributed by atoms with Crippen molar-refractivity contribution in [1.29, 1.82) is 0 Å². The predicted octanol–water partition coefficient (Wildman–Crippen LogP) is 3.34. The van der Waals surface area contributed by atoms with E-state index in [1.54, 1.807) is 11.1 Å². The van der Waals surface area contributed by atoms with Crippen LogP contribution in [-0.4, -0.2) is 32.0 Å². The third-order valence-corrected chi connectivity index (χ3v) is 4.66. The Balaban J connectivity index is 1.48. The van der Waals surface area contributed by atoms with Crippen LogP contribution in [0.4, 0.5) is 0 Å². The van der Waals surface area contributed by atoms with Gasteiger partial charge < -0.3 is 14.0 Å². The molecule has 1 aromatic carbocycles. The number of aromatic nitrogens is 3. The second-order valence-corrected chi connectivity index (χ2v) is 6.65. The molecular weight excluding hydrogens is 312 g/mol. The molecule has 25 heavy (non-hydrogen) atoms. The average Bonchev–Trinajstić information content (AvgIpc) is 3.20. The number of benzene rings is 1. The quantitative estimate of drug-likeness (QED) is 0.694. The van der Waals surface area contributed by atoms with E-state index in [2.05, 4.69) is 26.3 Å². The zero-order chi connectivity index (χ0) is 17.2. The van der Waals surface area contributed by atoms with Gasteiger partial charge in [-0.1, -0.05) is 30.3 Å². The van der Waals surface area contributed by atoms with E-state index in [9.17, 15) is 4.79 Å². The van der Waals surface area contributed by atoms with E-state index in [4.69, 9.17) is 0 Å². The first kappa shape index (κ1) is 15.7. The highest BCUT2D eigenvalue weighted by molar-refractivity contribution is 5.92. The first-order valence-electron chi connectivity index (χ1n) is 8.68. The maximum absolute atomic E-state index is 12.8. The van der Waals surface area contributed by atoms with Gasteiger partial charge in [0.1, 0.15) is 11.5 Å². The number of carbonyl (C=O) groups is 1. The second kappa shape index (κ2) is 6.59. The van der Waals surface area contributed by atoms with Gasteiger partial charge in [-0.05, 0) is 30.5 Å². The van der Waals surface area contributed by atoms with Crippen molar-refractivity contribution in [3.8, 4) is 0 Å². The Kier molecular flexibility index (Phi) is 4.14. The van der Waals surface area contributed by atoms with Crippen molar-refractivity contribution in [2.24, 2.45) is 0 Å². The van der Waals surface area contributed by atoms with Crippen molar-refractivity contribution in [1.82, 2.24) is 19.0 Å². The first-order chi connectivity index (χ1) is 12.2. The normalized spacial score (nSPS) is 13.8. The minimum absolute atomic E-state index is 0.0474. The van der Waals surface area contributed by atoms with Crippen LogP contribution in [0, 0.1) is 0 Å². The standard InChI is InChI=1S/C20H22N4O/c1-22(20(25)18-8-5-12-24(18)17-9-10-17)15-19-21-11-13-23(19)14-16-6-3-2-4-7-16/h2-8,11-13,17H,9-10,14-15H2,1H3. The molecule has 4 rings (SSSR count). The lowest BCUT2D eigenvalue weighted by Gasteiger charge is -2.19. The largest absolute Gasteiger partial charge is 0.340 e. The molecule has 3 aromatic rings. The van der Waals surface area contributed by atoms with Crippen molar-refractivity contribution >= 4 is 5.91 Å². The fourth-order valence-corrected chi connectivity index (χ4v) is 3.14. The summed E-state index contributed by atoms with van der Waals surface area (Å²) in [6.45, 7) is 1.26. The minimum Gasteiger partial charge on any atom is -0.340 e. The molecule has 128 valence electrons. The highest BCUT2D eigenvalue weighted by Crippen LogP contribution is 2.36. The monoisotopic (exact) mass is 334 g/mol. The lowest BCUT2D eigenvalue weighted by molar-refractivity contribution is 0.0769. The van der Waals surface area contributed by atoms with Gasteiger partial charge in [0.15, 0.2) is 0 Å². The maximum Gasteiger partial charge on any atom is 0.270 e. The number of hydrogen-bond donors (Lipinski definition) is 0. The third-order valence-electron chi connectivity index (χ3n) is 4.66. The fourth-order valence-electron chi connectivity index (χ4n) is 3.14. The van der Waals surface area contributed by atoms with E-state index in [0.29, 0.717) is 12.6 Å². The number of rotatable bonds is 6. The summed E-state index contributed by atoms with van der Waals surface area (Å²) in [5.74, 6) is 0.940. The topological polar surface area (TPSA) is 43.1 Å².